The quantitative estimate of drug-likeness (QED) is 0.566. The Morgan fingerprint density at radius 2 is 1.85 bits per heavy atom. The molecule has 2 aromatic rings. The number of rotatable bonds is 4. The van der Waals surface area contributed by atoms with Crippen molar-refractivity contribution in [1.82, 2.24) is 10.3 Å². The molecule has 3 nitrogen and oxygen atoms in total. The van der Waals surface area contributed by atoms with Crippen LogP contribution in [0, 0.1) is 0 Å². The highest BCUT2D eigenvalue weighted by Crippen LogP contribution is 2.39. The lowest BCUT2D eigenvalue weighted by atomic mass is 9.69. The van der Waals surface area contributed by atoms with Gasteiger partial charge >= 0.3 is 0 Å². The topological polar surface area (TPSA) is 37.0 Å². The van der Waals surface area contributed by atoms with Crippen molar-refractivity contribution in [2.45, 2.75) is 37.5 Å². The molecular formula is C19H20Cl3N3S. The van der Waals surface area contributed by atoms with Gasteiger partial charge in [0.25, 0.3) is 0 Å². The smallest absolute Gasteiger partial charge is 0.172 e. The summed E-state index contributed by atoms with van der Waals surface area (Å²) in [6.45, 7) is 0.740. The number of hydrogen-bond donors (Lipinski definition) is 2. The number of halogens is 3. The van der Waals surface area contributed by atoms with Crippen LogP contribution in [-0.4, -0.2) is 16.6 Å². The van der Waals surface area contributed by atoms with Gasteiger partial charge in [0.05, 0.1) is 10.0 Å². The molecule has 2 N–H and O–H groups in total. The normalized spacial score (nSPS) is 16.1. The molecule has 0 amide bonds. The van der Waals surface area contributed by atoms with Crippen molar-refractivity contribution in [2.75, 3.05) is 11.9 Å². The minimum atomic E-state index is 0.0338. The number of benzene rings is 1. The highest BCUT2D eigenvalue weighted by Gasteiger charge is 2.34. The molecule has 0 spiro atoms. The average Bonchev–Trinajstić information content (AvgIpc) is 2.63. The molecule has 0 aliphatic heterocycles. The second-order valence-electron chi connectivity index (χ2n) is 6.64. The van der Waals surface area contributed by atoms with Gasteiger partial charge in [0.1, 0.15) is 0 Å². The molecule has 138 valence electrons. The third kappa shape index (κ3) is 4.80. The van der Waals surface area contributed by atoms with Gasteiger partial charge in [-0.2, -0.15) is 0 Å². The molecular weight excluding hydrogens is 409 g/mol. The van der Waals surface area contributed by atoms with Crippen molar-refractivity contribution < 1.29 is 0 Å². The van der Waals surface area contributed by atoms with Gasteiger partial charge in [0.15, 0.2) is 10.9 Å². The Morgan fingerprint density at radius 3 is 2.54 bits per heavy atom. The van der Waals surface area contributed by atoms with Crippen molar-refractivity contribution in [3.63, 3.8) is 0 Å². The number of nitrogens with one attached hydrogen (secondary N) is 2. The molecule has 26 heavy (non-hydrogen) atoms. The van der Waals surface area contributed by atoms with E-state index >= 15 is 0 Å². The zero-order chi connectivity index (χ0) is 18.6. The monoisotopic (exact) mass is 427 g/mol. The summed E-state index contributed by atoms with van der Waals surface area (Å²) in [5.41, 5.74) is 1.30. The van der Waals surface area contributed by atoms with Gasteiger partial charge in [-0.25, -0.2) is 4.98 Å². The van der Waals surface area contributed by atoms with Crippen molar-refractivity contribution in [3.8, 4) is 0 Å². The molecule has 0 radical (unpaired) electrons. The molecule has 3 rings (SSSR count). The highest BCUT2D eigenvalue weighted by molar-refractivity contribution is 7.80. The molecule has 7 heteroatoms. The van der Waals surface area contributed by atoms with Crippen molar-refractivity contribution in [3.05, 3.63) is 57.2 Å². The highest BCUT2D eigenvalue weighted by atomic mass is 35.5. The van der Waals surface area contributed by atoms with Crippen molar-refractivity contribution >= 4 is 58.0 Å². The molecule has 0 saturated heterocycles. The standard InChI is InChI=1S/C19H20Cl3N3S/c20-14-6-4-5-13(9-14)19(7-2-1-3-8-19)12-24-18(26)25-17-16(22)10-15(21)11-23-17/h4-6,9-11H,1-3,7-8,12H2,(H2,23,24,25,26). The first-order valence-electron chi connectivity index (χ1n) is 8.60. The minimum Gasteiger partial charge on any atom is -0.362 e. The van der Waals surface area contributed by atoms with Crippen LogP contribution in [0.15, 0.2) is 36.5 Å². The SMILES string of the molecule is S=C(NCC1(c2cccc(Cl)c2)CCCCC1)Nc1ncc(Cl)cc1Cl. The van der Waals surface area contributed by atoms with E-state index < -0.39 is 0 Å². The third-order valence-corrected chi connectivity index (χ3v) is 5.85. The van der Waals surface area contributed by atoms with Crippen LogP contribution in [0.2, 0.25) is 15.1 Å². The first-order chi connectivity index (χ1) is 12.5. The van der Waals surface area contributed by atoms with Crippen molar-refractivity contribution in [1.29, 1.82) is 0 Å². The predicted octanol–water partition coefficient (Wildman–Crippen LogP) is 6.23. The number of pyridine rings is 1. The lowest BCUT2D eigenvalue weighted by Gasteiger charge is -2.38. The van der Waals surface area contributed by atoms with Crippen LogP contribution in [-0.2, 0) is 5.41 Å². The molecule has 1 fully saturated rings. The molecule has 1 aromatic heterocycles. The molecule has 1 aliphatic rings. The van der Waals surface area contributed by atoms with Gasteiger partial charge in [0, 0.05) is 23.2 Å². The fraction of sp³-hybridized carbons (Fsp3) is 0.368. The van der Waals surface area contributed by atoms with Gasteiger partial charge < -0.3 is 10.6 Å². The van der Waals surface area contributed by atoms with E-state index in [1.165, 1.54) is 31.0 Å². The zero-order valence-corrected chi connectivity index (χ0v) is 17.3. The largest absolute Gasteiger partial charge is 0.362 e. The second-order valence-corrected chi connectivity index (χ2v) is 8.33. The Kier molecular flexibility index (Phi) is 6.62. The molecule has 1 saturated carbocycles. The van der Waals surface area contributed by atoms with Crippen LogP contribution in [0.4, 0.5) is 5.82 Å². The van der Waals surface area contributed by atoms with Crippen LogP contribution in [0.5, 0.6) is 0 Å². The lowest BCUT2D eigenvalue weighted by Crippen LogP contribution is -2.43. The Morgan fingerprint density at radius 1 is 1.08 bits per heavy atom. The Hall–Kier alpha value is -1.07. The van der Waals surface area contributed by atoms with E-state index in [-0.39, 0.29) is 5.41 Å². The summed E-state index contributed by atoms with van der Waals surface area (Å²) in [7, 11) is 0. The summed E-state index contributed by atoms with van der Waals surface area (Å²) in [4.78, 5) is 4.18. The molecule has 0 bridgehead atoms. The van der Waals surface area contributed by atoms with Gasteiger partial charge in [-0.1, -0.05) is 66.2 Å². The first-order valence-corrected chi connectivity index (χ1v) is 10.1. The van der Waals surface area contributed by atoms with Crippen LogP contribution in [0.25, 0.3) is 0 Å². The summed E-state index contributed by atoms with van der Waals surface area (Å²) >= 11 is 23.7. The number of hydrogen-bond acceptors (Lipinski definition) is 2. The summed E-state index contributed by atoms with van der Waals surface area (Å²) in [5, 5.41) is 8.58. The van der Waals surface area contributed by atoms with Crippen LogP contribution in [0.3, 0.4) is 0 Å². The number of thiocarbonyl (C=S) groups is 1. The van der Waals surface area contributed by atoms with Crippen LogP contribution < -0.4 is 10.6 Å². The predicted molar refractivity (Wildman–Crippen MR) is 115 cm³/mol. The number of anilines is 1. The second kappa shape index (κ2) is 8.75. The van der Waals surface area contributed by atoms with Gasteiger partial charge in [0.2, 0.25) is 0 Å². The Bertz CT molecular complexity index is 791. The molecule has 1 aliphatic carbocycles. The average molecular weight is 429 g/mol. The Labute approximate surface area is 174 Å². The maximum Gasteiger partial charge on any atom is 0.172 e. The van der Waals surface area contributed by atoms with Crippen molar-refractivity contribution in [2.24, 2.45) is 0 Å². The van der Waals surface area contributed by atoms with E-state index in [1.54, 1.807) is 6.07 Å². The summed E-state index contributed by atoms with van der Waals surface area (Å²) in [5.74, 6) is 0.494. The van der Waals surface area contributed by atoms with E-state index in [9.17, 15) is 0 Å². The van der Waals surface area contributed by atoms with E-state index in [1.807, 2.05) is 12.1 Å². The zero-order valence-electron chi connectivity index (χ0n) is 14.2. The van der Waals surface area contributed by atoms with E-state index in [4.69, 9.17) is 47.0 Å². The summed E-state index contributed by atoms with van der Waals surface area (Å²) in [6.07, 6.45) is 7.45. The summed E-state index contributed by atoms with van der Waals surface area (Å²) < 4.78 is 0. The maximum absolute atomic E-state index is 6.23. The molecule has 0 unspecified atom stereocenters. The number of nitrogens with zero attached hydrogens (tertiary/aromatic N) is 1. The minimum absolute atomic E-state index is 0.0338. The van der Waals surface area contributed by atoms with E-state index in [0.717, 1.165) is 24.4 Å². The fourth-order valence-corrected chi connectivity index (χ4v) is 4.31. The van der Waals surface area contributed by atoms with Crippen LogP contribution in [0.1, 0.15) is 37.7 Å². The molecule has 1 aromatic carbocycles. The van der Waals surface area contributed by atoms with Crippen LogP contribution >= 0.6 is 47.0 Å². The van der Waals surface area contributed by atoms with Gasteiger partial charge in [-0.05, 0) is 48.8 Å². The van der Waals surface area contributed by atoms with Gasteiger partial charge in [-0.15, -0.1) is 0 Å². The molecule has 1 heterocycles. The maximum atomic E-state index is 6.23. The molecule has 0 atom stereocenters. The Balaban J connectivity index is 1.70. The fourth-order valence-electron chi connectivity index (χ4n) is 3.52. The summed E-state index contributed by atoms with van der Waals surface area (Å²) in [6, 6.07) is 9.79. The lowest BCUT2D eigenvalue weighted by molar-refractivity contribution is 0.292. The van der Waals surface area contributed by atoms with Gasteiger partial charge in [-0.3, -0.25) is 0 Å². The first kappa shape index (κ1) is 19.7. The van der Waals surface area contributed by atoms with E-state index in [2.05, 4.69) is 27.8 Å². The van der Waals surface area contributed by atoms with E-state index in [0.29, 0.717) is 21.0 Å². The number of aromatic nitrogens is 1. The third-order valence-electron chi connectivity index (χ3n) is 4.87.